The first kappa shape index (κ1) is 31.3. The van der Waals surface area contributed by atoms with Gasteiger partial charge in [0, 0.05) is 0 Å². The molecule has 12 heteroatoms. The van der Waals surface area contributed by atoms with Crippen LogP contribution in [0.15, 0.2) is 0 Å². The minimum atomic E-state index is -1.34. The summed E-state index contributed by atoms with van der Waals surface area (Å²) in [6, 6.07) is -4.56. The van der Waals surface area contributed by atoms with Crippen LogP contribution in [-0.4, -0.2) is 70.6 Å². The maximum atomic E-state index is 13.1. The molecule has 12 nitrogen and oxygen atoms in total. The number of carboxylic acid groups (broad SMARTS) is 2. The molecule has 0 aliphatic carbocycles. The van der Waals surface area contributed by atoms with Gasteiger partial charge in [-0.2, -0.15) is 0 Å². The number of carboxylic acids is 2. The summed E-state index contributed by atoms with van der Waals surface area (Å²) in [5.74, 6) is -5.18. The zero-order chi connectivity index (χ0) is 26.4. The lowest BCUT2D eigenvalue weighted by Crippen LogP contribution is -2.60. The normalized spacial score (nSPS) is 16.3. The number of unbranched alkanes of at least 4 members (excludes halogenated alkanes) is 1. The lowest BCUT2D eigenvalue weighted by atomic mass is 9.94. The summed E-state index contributed by atoms with van der Waals surface area (Å²) in [6.45, 7) is 7.51. The van der Waals surface area contributed by atoms with Gasteiger partial charge in [-0.05, 0) is 37.6 Å². The number of carbonyl (C=O) groups excluding carboxylic acids is 3. The molecule has 34 heavy (non-hydrogen) atoms. The molecule has 6 unspecified atom stereocenters. The Hall–Kier alpha value is -2.73. The summed E-state index contributed by atoms with van der Waals surface area (Å²) in [4.78, 5) is 60.8. The standard InChI is InChI=1S/C22H41N5O7/c1-5-12(3)17(20(31)25-15(22(33)34)9-7-8-10-23)27-21(32)18(13(4)6-2)26-19(30)14(24)11-16(28)29/h12-15,17-18H,5-11,23-24H2,1-4H3,(H,25,31)(H,26,30)(H,27,32)(H,28,29)(H,33,34). The summed E-state index contributed by atoms with van der Waals surface area (Å²) in [5, 5.41) is 25.9. The monoisotopic (exact) mass is 487 g/mol. The van der Waals surface area contributed by atoms with Gasteiger partial charge in [-0.1, -0.05) is 40.5 Å². The Morgan fingerprint density at radius 1 is 0.794 bits per heavy atom. The average Bonchev–Trinajstić information content (AvgIpc) is 2.78. The third kappa shape index (κ3) is 10.9. The number of aliphatic carboxylic acids is 2. The van der Waals surface area contributed by atoms with Gasteiger partial charge in [-0.25, -0.2) is 4.79 Å². The van der Waals surface area contributed by atoms with Gasteiger partial charge in [0.05, 0.1) is 12.5 Å². The zero-order valence-electron chi connectivity index (χ0n) is 20.5. The Morgan fingerprint density at radius 2 is 1.26 bits per heavy atom. The molecule has 9 N–H and O–H groups in total. The minimum absolute atomic E-state index is 0.201. The highest BCUT2D eigenvalue weighted by Gasteiger charge is 2.34. The molecule has 0 aromatic rings. The van der Waals surface area contributed by atoms with E-state index in [1.54, 1.807) is 13.8 Å². The second-order valence-corrected chi connectivity index (χ2v) is 8.63. The van der Waals surface area contributed by atoms with Crippen molar-refractivity contribution in [3.8, 4) is 0 Å². The lowest BCUT2D eigenvalue weighted by Gasteiger charge is -2.30. The second-order valence-electron chi connectivity index (χ2n) is 8.63. The fourth-order valence-electron chi connectivity index (χ4n) is 3.20. The molecular formula is C22H41N5O7. The number of rotatable bonds is 17. The first-order valence-corrected chi connectivity index (χ1v) is 11.7. The smallest absolute Gasteiger partial charge is 0.326 e. The van der Waals surface area contributed by atoms with Crippen molar-refractivity contribution in [1.29, 1.82) is 0 Å². The highest BCUT2D eigenvalue weighted by molar-refractivity contribution is 5.95. The number of carbonyl (C=O) groups is 5. The lowest BCUT2D eigenvalue weighted by molar-refractivity contribution is -0.143. The van der Waals surface area contributed by atoms with Crippen molar-refractivity contribution < 1.29 is 34.2 Å². The van der Waals surface area contributed by atoms with E-state index < -0.39 is 60.2 Å². The van der Waals surface area contributed by atoms with E-state index in [1.165, 1.54) is 0 Å². The number of nitrogens with one attached hydrogen (secondary N) is 3. The van der Waals surface area contributed by atoms with Crippen molar-refractivity contribution in [2.45, 2.75) is 90.4 Å². The predicted octanol–water partition coefficient (Wildman–Crippen LogP) is -0.451. The van der Waals surface area contributed by atoms with Gasteiger partial charge in [-0.15, -0.1) is 0 Å². The van der Waals surface area contributed by atoms with E-state index in [0.717, 1.165) is 0 Å². The Balaban J connectivity index is 5.56. The van der Waals surface area contributed by atoms with Crippen LogP contribution in [0, 0.1) is 11.8 Å². The van der Waals surface area contributed by atoms with Crippen molar-refractivity contribution in [1.82, 2.24) is 16.0 Å². The van der Waals surface area contributed by atoms with Crippen molar-refractivity contribution in [2.75, 3.05) is 6.54 Å². The molecule has 196 valence electrons. The van der Waals surface area contributed by atoms with Gasteiger partial charge < -0.3 is 37.6 Å². The Labute approximate surface area is 200 Å². The first-order chi connectivity index (χ1) is 15.9. The molecule has 0 fully saturated rings. The molecule has 0 rings (SSSR count). The number of amides is 3. The van der Waals surface area contributed by atoms with Crippen LogP contribution >= 0.6 is 0 Å². The molecule has 0 bridgehead atoms. The molecule has 0 saturated carbocycles. The van der Waals surface area contributed by atoms with E-state index >= 15 is 0 Å². The van der Waals surface area contributed by atoms with Crippen LogP contribution in [0.1, 0.15) is 66.2 Å². The summed E-state index contributed by atoms with van der Waals surface area (Å²) < 4.78 is 0. The molecule has 0 saturated heterocycles. The zero-order valence-corrected chi connectivity index (χ0v) is 20.5. The minimum Gasteiger partial charge on any atom is -0.481 e. The van der Waals surface area contributed by atoms with E-state index in [1.807, 2.05) is 13.8 Å². The van der Waals surface area contributed by atoms with Crippen LogP contribution in [0.5, 0.6) is 0 Å². The van der Waals surface area contributed by atoms with Crippen LogP contribution < -0.4 is 27.4 Å². The number of nitrogens with two attached hydrogens (primary N) is 2. The summed E-state index contributed by atoms with van der Waals surface area (Å²) in [7, 11) is 0. The van der Waals surface area contributed by atoms with Crippen molar-refractivity contribution in [3.05, 3.63) is 0 Å². The molecule has 0 radical (unpaired) electrons. The highest BCUT2D eigenvalue weighted by Crippen LogP contribution is 2.13. The average molecular weight is 488 g/mol. The van der Waals surface area contributed by atoms with Crippen molar-refractivity contribution in [3.63, 3.8) is 0 Å². The molecule has 0 aliphatic rings. The Bertz CT molecular complexity index is 703. The van der Waals surface area contributed by atoms with Crippen LogP contribution in [0.2, 0.25) is 0 Å². The maximum Gasteiger partial charge on any atom is 0.326 e. The van der Waals surface area contributed by atoms with Gasteiger partial charge in [0.1, 0.15) is 18.1 Å². The highest BCUT2D eigenvalue weighted by atomic mass is 16.4. The Kier molecular flexibility index (Phi) is 14.7. The van der Waals surface area contributed by atoms with Gasteiger partial charge in [0.25, 0.3) is 0 Å². The maximum absolute atomic E-state index is 13.1. The van der Waals surface area contributed by atoms with Crippen LogP contribution in [-0.2, 0) is 24.0 Å². The van der Waals surface area contributed by atoms with E-state index in [2.05, 4.69) is 16.0 Å². The third-order valence-corrected chi connectivity index (χ3v) is 5.88. The molecule has 6 atom stereocenters. The van der Waals surface area contributed by atoms with Gasteiger partial charge in [0.2, 0.25) is 17.7 Å². The van der Waals surface area contributed by atoms with E-state index in [0.29, 0.717) is 32.2 Å². The van der Waals surface area contributed by atoms with Gasteiger partial charge in [-0.3, -0.25) is 19.2 Å². The van der Waals surface area contributed by atoms with E-state index in [-0.39, 0.29) is 18.3 Å². The Morgan fingerprint density at radius 3 is 1.68 bits per heavy atom. The van der Waals surface area contributed by atoms with Crippen LogP contribution in [0.4, 0.5) is 0 Å². The predicted molar refractivity (Wildman–Crippen MR) is 125 cm³/mol. The quantitative estimate of drug-likeness (QED) is 0.132. The largest absolute Gasteiger partial charge is 0.481 e. The van der Waals surface area contributed by atoms with Crippen LogP contribution in [0.25, 0.3) is 0 Å². The molecule has 0 aliphatic heterocycles. The van der Waals surface area contributed by atoms with E-state index in [4.69, 9.17) is 16.6 Å². The molecular weight excluding hydrogens is 446 g/mol. The molecule has 0 heterocycles. The fourth-order valence-corrected chi connectivity index (χ4v) is 3.20. The fraction of sp³-hybridized carbons (Fsp3) is 0.773. The second kappa shape index (κ2) is 16.0. The van der Waals surface area contributed by atoms with Crippen LogP contribution in [0.3, 0.4) is 0 Å². The molecule has 3 amide bonds. The summed E-state index contributed by atoms with van der Waals surface area (Å²) in [5.41, 5.74) is 11.1. The third-order valence-electron chi connectivity index (χ3n) is 5.88. The van der Waals surface area contributed by atoms with Crippen molar-refractivity contribution in [2.24, 2.45) is 23.3 Å². The summed E-state index contributed by atoms with van der Waals surface area (Å²) in [6.07, 6.45) is 1.77. The molecule has 0 spiro atoms. The molecule has 0 aromatic carbocycles. The number of hydrogen-bond acceptors (Lipinski definition) is 7. The summed E-state index contributed by atoms with van der Waals surface area (Å²) >= 11 is 0. The number of hydrogen-bond donors (Lipinski definition) is 7. The van der Waals surface area contributed by atoms with Gasteiger partial charge in [0.15, 0.2) is 0 Å². The SMILES string of the molecule is CCC(C)C(NC(=O)C(N)CC(=O)O)C(=O)NC(C(=O)NC(CCCCN)C(=O)O)C(C)CC. The van der Waals surface area contributed by atoms with E-state index in [9.17, 15) is 29.1 Å². The molecule has 0 aromatic heterocycles. The van der Waals surface area contributed by atoms with Crippen molar-refractivity contribution >= 4 is 29.7 Å². The first-order valence-electron chi connectivity index (χ1n) is 11.7. The van der Waals surface area contributed by atoms with Gasteiger partial charge >= 0.3 is 11.9 Å². The topological polar surface area (TPSA) is 214 Å².